The molecule has 1 unspecified atom stereocenters. The van der Waals surface area contributed by atoms with Crippen molar-refractivity contribution in [1.29, 1.82) is 0 Å². The predicted octanol–water partition coefficient (Wildman–Crippen LogP) is -0.0859. The number of carbonyl (C=O) groups is 2. The fraction of sp³-hybridized carbons (Fsp3) is 0.800. The number of halogens is 3. The summed E-state index contributed by atoms with van der Waals surface area (Å²) in [6.07, 6.45) is -4.91. The van der Waals surface area contributed by atoms with Crippen molar-refractivity contribution >= 4 is 11.9 Å². The smallest absolute Gasteiger partial charge is 0.406 e. The highest BCUT2D eigenvalue weighted by molar-refractivity contribution is 5.82. The van der Waals surface area contributed by atoms with Crippen molar-refractivity contribution in [3.63, 3.8) is 0 Å². The Morgan fingerprint density at radius 2 is 1.89 bits per heavy atom. The van der Waals surface area contributed by atoms with Gasteiger partial charge in [0, 0.05) is 13.7 Å². The van der Waals surface area contributed by atoms with Crippen LogP contribution in [0.2, 0.25) is 0 Å². The van der Waals surface area contributed by atoms with E-state index in [-0.39, 0.29) is 13.0 Å². The number of hydrogen-bond acceptors (Lipinski definition) is 5. The van der Waals surface area contributed by atoms with Crippen LogP contribution in [0.25, 0.3) is 0 Å². The van der Waals surface area contributed by atoms with E-state index < -0.39 is 37.2 Å². The maximum Gasteiger partial charge on any atom is 0.406 e. The molecule has 0 heterocycles. The fourth-order valence-corrected chi connectivity index (χ4v) is 1.30. The highest BCUT2D eigenvalue weighted by Gasteiger charge is 2.34. The number of amides is 1. The van der Waals surface area contributed by atoms with Gasteiger partial charge in [0.15, 0.2) is 0 Å². The third-order valence-corrected chi connectivity index (χ3v) is 2.16. The second-order valence-corrected chi connectivity index (χ2v) is 3.76. The molecule has 0 fully saturated rings. The molecule has 19 heavy (non-hydrogen) atoms. The Morgan fingerprint density at radius 1 is 1.32 bits per heavy atom. The van der Waals surface area contributed by atoms with Crippen LogP contribution in [-0.2, 0) is 19.1 Å². The molecule has 1 atom stereocenters. The number of rotatable bonds is 7. The number of nitrogens with two attached hydrogens (primary N) is 1. The fourth-order valence-electron chi connectivity index (χ4n) is 1.30. The van der Waals surface area contributed by atoms with Crippen molar-refractivity contribution < 1.29 is 32.2 Å². The third-order valence-electron chi connectivity index (χ3n) is 2.16. The van der Waals surface area contributed by atoms with Crippen LogP contribution in [0.5, 0.6) is 0 Å². The summed E-state index contributed by atoms with van der Waals surface area (Å²) in [6, 6.07) is -1.20. The van der Waals surface area contributed by atoms with Gasteiger partial charge in [0.1, 0.15) is 12.6 Å². The van der Waals surface area contributed by atoms with Crippen LogP contribution in [0.4, 0.5) is 13.2 Å². The van der Waals surface area contributed by atoms with Gasteiger partial charge in [0.25, 0.3) is 0 Å². The van der Waals surface area contributed by atoms with Crippen LogP contribution in [0.3, 0.4) is 0 Å². The number of hydrogen-bond donors (Lipinski definition) is 1. The van der Waals surface area contributed by atoms with Gasteiger partial charge < -0.3 is 20.1 Å². The molecule has 0 saturated carbocycles. The van der Waals surface area contributed by atoms with Gasteiger partial charge in [-0.2, -0.15) is 13.2 Å². The zero-order chi connectivity index (χ0) is 15.1. The maximum atomic E-state index is 12.3. The Hall–Kier alpha value is -1.35. The lowest BCUT2D eigenvalue weighted by atomic mass is 10.2. The van der Waals surface area contributed by atoms with E-state index in [1.165, 1.54) is 7.11 Å². The molecule has 9 heteroatoms. The van der Waals surface area contributed by atoms with E-state index >= 15 is 0 Å². The van der Waals surface area contributed by atoms with Gasteiger partial charge in [-0.15, -0.1) is 0 Å². The molecule has 0 aromatic heterocycles. The Kier molecular flexibility index (Phi) is 7.38. The van der Waals surface area contributed by atoms with Crippen LogP contribution < -0.4 is 5.73 Å². The first kappa shape index (κ1) is 17.6. The van der Waals surface area contributed by atoms with Crippen molar-refractivity contribution in [2.45, 2.75) is 18.6 Å². The largest absolute Gasteiger partial charge is 0.469 e. The average Bonchev–Trinajstić information content (AvgIpc) is 2.31. The molecule has 0 bridgehead atoms. The van der Waals surface area contributed by atoms with Crippen molar-refractivity contribution in [3.05, 3.63) is 0 Å². The molecule has 0 radical (unpaired) electrons. The first-order valence-corrected chi connectivity index (χ1v) is 5.38. The standard InChI is InChI=1S/C10H17F3N2O4/c1-18-5-7(14)9(17)15(6-10(11,12)13)4-3-8(16)19-2/h7H,3-6,14H2,1-2H3. The summed E-state index contributed by atoms with van der Waals surface area (Å²) in [5, 5.41) is 0. The van der Waals surface area contributed by atoms with E-state index in [0.717, 1.165) is 7.11 Å². The van der Waals surface area contributed by atoms with Crippen molar-refractivity contribution in [2.24, 2.45) is 5.73 Å². The van der Waals surface area contributed by atoms with Gasteiger partial charge >= 0.3 is 12.1 Å². The van der Waals surface area contributed by atoms with Gasteiger partial charge in [0.05, 0.1) is 20.1 Å². The number of carbonyl (C=O) groups excluding carboxylic acids is 2. The molecular formula is C10H17F3N2O4. The highest BCUT2D eigenvalue weighted by Crippen LogP contribution is 2.17. The molecule has 0 spiro atoms. The number of nitrogens with zero attached hydrogens (tertiary/aromatic N) is 1. The Bertz CT molecular complexity index is 310. The Balaban J connectivity index is 4.65. The van der Waals surface area contributed by atoms with Gasteiger partial charge in [-0.1, -0.05) is 0 Å². The van der Waals surface area contributed by atoms with Crippen LogP contribution in [0.1, 0.15) is 6.42 Å². The monoisotopic (exact) mass is 286 g/mol. The molecule has 6 nitrogen and oxygen atoms in total. The minimum atomic E-state index is -4.57. The summed E-state index contributed by atoms with van der Waals surface area (Å²) in [6.45, 7) is -2.09. The normalized spacial score (nSPS) is 12.9. The first-order chi connectivity index (χ1) is 8.71. The Morgan fingerprint density at radius 3 is 2.32 bits per heavy atom. The number of esters is 1. The zero-order valence-electron chi connectivity index (χ0n) is 10.7. The summed E-state index contributed by atoms with van der Waals surface area (Å²) in [4.78, 5) is 23.1. The lowest BCUT2D eigenvalue weighted by Crippen LogP contribution is -2.49. The molecule has 0 saturated heterocycles. The molecule has 112 valence electrons. The molecule has 1 amide bonds. The second kappa shape index (κ2) is 7.95. The van der Waals surface area contributed by atoms with Crippen LogP contribution in [0.15, 0.2) is 0 Å². The summed E-state index contributed by atoms with van der Waals surface area (Å²) in [5.41, 5.74) is 5.39. The lowest BCUT2D eigenvalue weighted by molar-refractivity contribution is -0.164. The lowest BCUT2D eigenvalue weighted by Gasteiger charge is -2.26. The van der Waals surface area contributed by atoms with Crippen molar-refractivity contribution in [1.82, 2.24) is 4.90 Å². The summed E-state index contributed by atoms with van der Waals surface area (Å²) in [7, 11) is 2.38. The third kappa shape index (κ3) is 7.62. The van der Waals surface area contributed by atoms with Gasteiger partial charge in [-0.05, 0) is 0 Å². The zero-order valence-corrected chi connectivity index (χ0v) is 10.7. The first-order valence-electron chi connectivity index (χ1n) is 5.38. The van der Waals surface area contributed by atoms with Crippen LogP contribution >= 0.6 is 0 Å². The topological polar surface area (TPSA) is 81.9 Å². The molecular weight excluding hydrogens is 269 g/mol. The number of alkyl halides is 3. The van der Waals surface area contributed by atoms with E-state index in [2.05, 4.69) is 9.47 Å². The van der Waals surface area contributed by atoms with E-state index in [1.807, 2.05) is 0 Å². The maximum absolute atomic E-state index is 12.3. The number of ether oxygens (including phenoxy) is 2. The minimum absolute atomic E-state index is 0.203. The van der Waals surface area contributed by atoms with E-state index in [9.17, 15) is 22.8 Å². The predicted molar refractivity (Wildman–Crippen MR) is 59.1 cm³/mol. The average molecular weight is 286 g/mol. The quantitative estimate of drug-likeness (QED) is 0.662. The van der Waals surface area contributed by atoms with Gasteiger partial charge in [0.2, 0.25) is 5.91 Å². The van der Waals surface area contributed by atoms with E-state index in [4.69, 9.17) is 5.73 Å². The van der Waals surface area contributed by atoms with Crippen molar-refractivity contribution in [2.75, 3.05) is 33.9 Å². The van der Waals surface area contributed by atoms with Gasteiger partial charge in [-0.3, -0.25) is 9.59 Å². The summed E-state index contributed by atoms with van der Waals surface area (Å²) in [5.74, 6) is -1.64. The molecule has 0 aromatic rings. The van der Waals surface area contributed by atoms with Crippen molar-refractivity contribution in [3.8, 4) is 0 Å². The highest BCUT2D eigenvalue weighted by atomic mass is 19.4. The van der Waals surface area contributed by atoms with E-state index in [1.54, 1.807) is 0 Å². The van der Waals surface area contributed by atoms with Crippen LogP contribution in [0, 0.1) is 0 Å². The summed E-state index contributed by atoms with van der Waals surface area (Å²) >= 11 is 0. The molecule has 2 N–H and O–H groups in total. The minimum Gasteiger partial charge on any atom is -0.469 e. The molecule has 0 rings (SSSR count). The number of methoxy groups -OCH3 is 2. The van der Waals surface area contributed by atoms with Crippen LogP contribution in [-0.4, -0.2) is 62.9 Å². The Labute approximate surface area is 108 Å². The molecule has 0 aliphatic rings. The van der Waals surface area contributed by atoms with Gasteiger partial charge in [-0.25, -0.2) is 0 Å². The van der Waals surface area contributed by atoms with E-state index in [0.29, 0.717) is 4.90 Å². The second-order valence-electron chi connectivity index (χ2n) is 3.76. The molecule has 0 aromatic carbocycles. The molecule has 0 aliphatic heterocycles. The summed E-state index contributed by atoms with van der Waals surface area (Å²) < 4.78 is 45.9. The molecule has 0 aliphatic carbocycles. The SMILES string of the molecule is COCC(N)C(=O)N(CCC(=O)OC)CC(F)(F)F.